The standard InChI is InChI=1S/C29H36N2O2/c1-3-5-9-24(4-2)29(28(30)32,25-10-7-6-8-11-25)26-15-18-31(21-26)17-14-22-12-13-27-23(20-22)16-19-33-27/h3-8,10-13,20,26H,9,14-19,21H2,1-2H3,(H2,30,32)/b5-3-,24-4+. The van der Waals surface area contributed by atoms with Crippen molar-refractivity contribution in [2.24, 2.45) is 11.7 Å². The number of primary amides is 1. The molecule has 1 saturated heterocycles. The number of hydrogen-bond acceptors (Lipinski definition) is 3. The maximum Gasteiger partial charge on any atom is 0.232 e. The van der Waals surface area contributed by atoms with Crippen LogP contribution in [0.1, 0.15) is 43.4 Å². The van der Waals surface area contributed by atoms with Crippen LogP contribution in [-0.4, -0.2) is 37.0 Å². The average molecular weight is 445 g/mol. The zero-order valence-electron chi connectivity index (χ0n) is 19.9. The largest absolute Gasteiger partial charge is 0.493 e. The van der Waals surface area contributed by atoms with Crippen molar-refractivity contribution in [3.63, 3.8) is 0 Å². The summed E-state index contributed by atoms with van der Waals surface area (Å²) in [5, 5.41) is 0. The van der Waals surface area contributed by atoms with E-state index in [4.69, 9.17) is 10.5 Å². The molecule has 0 bridgehead atoms. The van der Waals surface area contributed by atoms with Gasteiger partial charge in [0.05, 0.1) is 12.0 Å². The topological polar surface area (TPSA) is 55.6 Å². The van der Waals surface area contributed by atoms with E-state index in [9.17, 15) is 4.79 Å². The summed E-state index contributed by atoms with van der Waals surface area (Å²) < 4.78 is 5.64. The van der Waals surface area contributed by atoms with Gasteiger partial charge in [-0.05, 0) is 68.3 Å². The van der Waals surface area contributed by atoms with Crippen molar-refractivity contribution in [2.45, 2.75) is 44.9 Å². The van der Waals surface area contributed by atoms with Crippen LogP contribution in [-0.2, 0) is 23.1 Å². The third-order valence-electron chi connectivity index (χ3n) is 7.40. The van der Waals surface area contributed by atoms with Gasteiger partial charge in [0.1, 0.15) is 5.75 Å². The van der Waals surface area contributed by atoms with Crippen LogP contribution in [0.5, 0.6) is 5.75 Å². The molecule has 2 aromatic rings. The smallest absolute Gasteiger partial charge is 0.232 e. The predicted molar refractivity (Wildman–Crippen MR) is 134 cm³/mol. The van der Waals surface area contributed by atoms with Gasteiger partial charge in [-0.15, -0.1) is 0 Å². The third-order valence-corrected chi connectivity index (χ3v) is 7.40. The second kappa shape index (κ2) is 10.4. The maximum atomic E-state index is 13.3. The SMILES string of the molecule is C/C=C\C/C(=C\C)C(C(N)=O)(c1ccccc1)C1CCN(CCc2ccc3c(c2)CCO3)C1. The van der Waals surface area contributed by atoms with E-state index in [0.717, 1.165) is 68.8 Å². The lowest BCUT2D eigenvalue weighted by Crippen LogP contribution is -2.49. The first-order chi connectivity index (χ1) is 16.1. The number of benzene rings is 2. The van der Waals surface area contributed by atoms with Crippen molar-refractivity contribution in [2.75, 3.05) is 26.2 Å². The first-order valence-corrected chi connectivity index (χ1v) is 12.2. The van der Waals surface area contributed by atoms with E-state index in [0.29, 0.717) is 0 Å². The molecule has 2 aliphatic rings. The Labute approximate surface area is 198 Å². The molecule has 4 heteroatoms. The quantitative estimate of drug-likeness (QED) is 0.564. The lowest BCUT2D eigenvalue weighted by atomic mass is 9.63. The van der Waals surface area contributed by atoms with Crippen LogP contribution in [0, 0.1) is 5.92 Å². The lowest BCUT2D eigenvalue weighted by molar-refractivity contribution is -0.124. The van der Waals surface area contributed by atoms with Crippen LogP contribution < -0.4 is 10.5 Å². The van der Waals surface area contributed by atoms with E-state index in [2.05, 4.69) is 47.4 Å². The summed E-state index contributed by atoms with van der Waals surface area (Å²) in [6.07, 6.45) is 9.98. The molecule has 0 saturated carbocycles. The third kappa shape index (κ3) is 4.63. The molecule has 0 aliphatic carbocycles. The lowest BCUT2D eigenvalue weighted by Gasteiger charge is -2.39. The molecule has 4 rings (SSSR count). The van der Waals surface area contributed by atoms with E-state index in [1.165, 1.54) is 11.1 Å². The summed E-state index contributed by atoms with van der Waals surface area (Å²) in [7, 11) is 0. The second-order valence-electron chi connectivity index (χ2n) is 9.20. The van der Waals surface area contributed by atoms with Gasteiger partial charge in [0.15, 0.2) is 0 Å². The molecule has 4 nitrogen and oxygen atoms in total. The first kappa shape index (κ1) is 23.3. The van der Waals surface area contributed by atoms with Gasteiger partial charge >= 0.3 is 0 Å². The Balaban J connectivity index is 1.56. The Morgan fingerprint density at radius 1 is 1.21 bits per heavy atom. The molecule has 2 unspecified atom stereocenters. The number of rotatable bonds is 9. The summed E-state index contributed by atoms with van der Waals surface area (Å²) >= 11 is 0. The van der Waals surface area contributed by atoms with E-state index >= 15 is 0 Å². The van der Waals surface area contributed by atoms with Gasteiger partial charge in [0.25, 0.3) is 0 Å². The minimum Gasteiger partial charge on any atom is -0.493 e. The summed E-state index contributed by atoms with van der Waals surface area (Å²) in [6, 6.07) is 16.8. The Kier molecular flexibility index (Phi) is 7.34. The minimum atomic E-state index is -0.783. The van der Waals surface area contributed by atoms with Gasteiger partial charge in [0.2, 0.25) is 5.91 Å². The van der Waals surface area contributed by atoms with Gasteiger partial charge in [0, 0.05) is 19.5 Å². The molecular weight excluding hydrogens is 408 g/mol. The molecule has 2 aromatic carbocycles. The Hall–Kier alpha value is -2.85. The number of nitrogens with two attached hydrogens (primary N) is 1. The predicted octanol–water partition coefficient (Wildman–Crippen LogP) is 4.82. The number of likely N-dealkylation sites (tertiary alicyclic amines) is 1. The molecule has 0 radical (unpaired) electrons. The van der Waals surface area contributed by atoms with Crippen molar-refractivity contribution in [1.82, 2.24) is 4.90 Å². The summed E-state index contributed by atoms with van der Waals surface area (Å²) in [6.45, 7) is 7.69. The minimum absolute atomic E-state index is 0.155. The zero-order chi connectivity index (χ0) is 23.3. The van der Waals surface area contributed by atoms with Gasteiger partial charge < -0.3 is 15.4 Å². The molecule has 1 fully saturated rings. The molecule has 33 heavy (non-hydrogen) atoms. The highest BCUT2D eigenvalue weighted by Gasteiger charge is 2.50. The van der Waals surface area contributed by atoms with Crippen molar-refractivity contribution in [3.05, 3.63) is 89.0 Å². The number of nitrogens with zero attached hydrogens (tertiary/aromatic N) is 1. The number of fused-ring (bicyclic) bond motifs is 1. The van der Waals surface area contributed by atoms with Crippen molar-refractivity contribution in [1.29, 1.82) is 0 Å². The van der Waals surface area contributed by atoms with Crippen LogP contribution in [0.2, 0.25) is 0 Å². The van der Waals surface area contributed by atoms with E-state index < -0.39 is 5.41 Å². The van der Waals surface area contributed by atoms with Crippen molar-refractivity contribution < 1.29 is 9.53 Å². The molecule has 174 valence electrons. The molecule has 2 N–H and O–H groups in total. The second-order valence-corrected chi connectivity index (χ2v) is 9.20. The summed E-state index contributed by atoms with van der Waals surface area (Å²) in [5.41, 5.74) is 10.3. The number of hydrogen-bond donors (Lipinski definition) is 1. The average Bonchev–Trinajstić information content (AvgIpc) is 3.50. The highest BCUT2D eigenvalue weighted by atomic mass is 16.5. The summed E-state index contributed by atoms with van der Waals surface area (Å²) in [5.74, 6) is 0.952. The number of amides is 1. The molecule has 2 heterocycles. The Bertz CT molecular complexity index is 1030. The molecule has 2 aliphatic heterocycles. The number of ether oxygens (including phenoxy) is 1. The zero-order valence-corrected chi connectivity index (χ0v) is 19.9. The van der Waals surface area contributed by atoms with Gasteiger partial charge in [-0.1, -0.05) is 66.3 Å². The molecule has 1 amide bonds. The monoisotopic (exact) mass is 444 g/mol. The normalized spacial score (nSPS) is 20.5. The molecule has 0 aromatic heterocycles. The van der Waals surface area contributed by atoms with Gasteiger partial charge in [-0.2, -0.15) is 0 Å². The fraction of sp³-hybridized carbons (Fsp3) is 0.414. The molecule has 0 spiro atoms. The highest BCUT2D eigenvalue weighted by Crippen LogP contribution is 2.45. The van der Waals surface area contributed by atoms with E-state index in [-0.39, 0.29) is 11.8 Å². The number of carbonyl (C=O) groups excluding carboxylic acids is 1. The van der Waals surface area contributed by atoms with E-state index in [1.807, 2.05) is 38.1 Å². The van der Waals surface area contributed by atoms with Crippen molar-refractivity contribution >= 4 is 5.91 Å². The van der Waals surface area contributed by atoms with Crippen molar-refractivity contribution in [3.8, 4) is 5.75 Å². The van der Waals surface area contributed by atoms with Crippen LogP contribution >= 0.6 is 0 Å². The highest BCUT2D eigenvalue weighted by molar-refractivity contribution is 5.91. The Morgan fingerprint density at radius 3 is 2.76 bits per heavy atom. The molecular formula is C29H36N2O2. The maximum absolute atomic E-state index is 13.3. The molecule has 2 atom stereocenters. The van der Waals surface area contributed by atoms with Gasteiger partial charge in [-0.25, -0.2) is 0 Å². The number of allylic oxidation sites excluding steroid dienone is 3. The summed E-state index contributed by atoms with van der Waals surface area (Å²) in [4.78, 5) is 15.8. The fourth-order valence-electron chi connectivity index (χ4n) is 5.71. The number of carbonyl (C=O) groups is 1. The Morgan fingerprint density at radius 2 is 2.03 bits per heavy atom. The van der Waals surface area contributed by atoms with Crippen LogP contribution in [0.4, 0.5) is 0 Å². The van der Waals surface area contributed by atoms with Crippen LogP contribution in [0.15, 0.2) is 72.3 Å². The van der Waals surface area contributed by atoms with Crippen LogP contribution in [0.25, 0.3) is 0 Å². The van der Waals surface area contributed by atoms with E-state index in [1.54, 1.807) is 0 Å². The fourth-order valence-corrected chi connectivity index (χ4v) is 5.71. The van der Waals surface area contributed by atoms with Gasteiger partial charge in [-0.3, -0.25) is 4.79 Å². The van der Waals surface area contributed by atoms with Crippen LogP contribution in [0.3, 0.4) is 0 Å². The first-order valence-electron chi connectivity index (χ1n) is 12.2.